The smallest absolute Gasteiger partial charge is 0.331 e. The average Bonchev–Trinajstić information content (AvgIpc) is 3.29. The minimum atomic E-state index is -2.14. The summed E-state index contributed by atoms with van der Waals surface area (Å²) >= 11 is 0. The quantitative estimate of drug-likeness (QED) is 0.0355. The first-order chi connectivity index (χ1) is 31.4. The van der Waals surface area contributed by atoms with E-state index in [2.05, 4.69) is 0 Å². The summed E-state index contributed by atoms with van der Waals surface area (Å²) in [6, 6.07) is 10.6. The molecule has 0 saturated carbocycles. The van der Waals surface area contributed by atoms with E-state index in [9.17, 15) is 81.1 Å². The van der Waals surface area contributed by atoms with E-state index in [4.69, 9.17) is 37.6 Å². The molecule has 3 saturated heterocycles. The van der Waals surface area contributed by atoms with Gasteiger partial charge in [-0.15, -0.1) is 0 Å². The predicted molar refractivity (Wildman–Crippen MR) is 215 cm³/mol. The van der Waals surface area contributed by atoms with Gasteiger partial charge in [-0.1, -0.05) is 12.1 Å². The van der Waals surface area contributed by atoms with Gasteiger partial charge in [-0.05, 0) is 42.0 Å². The Morgan fingerprint density at radius 2 is 1.20 bits per heavy atom. The topological polar surface area (TPSA) is 395 Å². The van der Waals surface area contributed by atoms with Crippen molar-refractivity contribution in [3.05, 3.63) is 76.5 Å². The van der Waals surface area contributed by atoms with Gasteiger partial charge >= 0.3 is 5.97 Å². The molecule has 3 aromatic carbocycles. The van der Waals surface area contributed by atoms with Gasteiger partial charge in [0.15, 0.2) is 35.8 Å². The molecule has 0 amide bonds. The molecule has 4 aromatic rings. The van der Waals surface area contributed by atoms with E-state index in [0.29, 0.717) is 5.56 Å². The van der Waals surface area contributed by atoms with Crippen LogP contribution in [0.2, 0.25) is 0 Å². The molecule has 0 spiro atoms. The van der Waals surface area contributed by atoms with Crippen molar-refractivity contribution in [1.29, 1.82) is 0 Å². The highest BCUT2D eigenvalue weighted by Crippen LogP contribution is 2.41. The van der Waals surface area contributed by atoms with E-state index in [1.165, 1.54) is 30.3 Å². The maximum atomic E-state index is 14.5. The number of aromatic hydroxyl groups is 4. The Morgan fingerprint density at radius 3 is 1.82 bits per heavy atom. The van der Waals surface area contributed by atoms with E-state index in [1.54, 1.807) is 0 Å². The third-order valence-electron chi connectivity index (χ3n) is 11.0. The summed E-state index contributed by atoms with van der Waals surface area (Å²) in [7, 11) is 0. The summed E-state index contributed by atoms with van der Waals surface area (Å²) in [6.07, 6.45) is -25.9. The third-order valence-corrected chi connectivity index (χ3v) is 11.0. The molecule has 0 aliphatic carbocycles. The molecule has 7 rings (SSSR count). The number of ether oxygens (including phenoxy) is 7. The molecule has 14 N–H and O–H groups in total. The number of rotatable bonds is 13. The van der Waals surface area contributed by atoms with E-state index >= 15 is 0 Å². The fourth-order valence-corrected chi connectivity index (χ4v) is 7.37. The summed E-state index contributed by atoms with van der Waals surface area (Å²) in [5.41, 5.74) is -1.45. The predicted octanol–water partition coefficient (Wildman–Crippen LogP) is -3.27. The minimum Gasteiger partial charge on any atom is -0.508 e. The van der Waals surface area contributed by atoms with Crippen molar-refractivity contribution in [2.24, 2.45) is 0 Å². The van der Waals surface area contributed by atoms with Crippen molar-refractivity contribution in [2.45, 2.75) is 92.1 Å². The number of phenolic OH excluding ortho intramolecular Hbond substituents is 4. The molecule has 4 heterocycles. The molecule has 358 valence electrons. The number of esters is 1. The lowest BCUT2D eigenvalue weighted by Gasteiger charge is -2.46. The number of aliphatic hydroxyl groups excluding tert-OH is 10. The van der Waals surface area contributed by atoms with Crippen LogP contribution >= 0.6 is 0 Å². The van der Waals surface area contributed by atoms with Gasteiger partial charge in [-0.25, -0.2) is 4.79 Å². The van der Waals surface area contributed by atoms with E-state index in [0.717, 1.165) is 36.4 Å². The van der Waals surface area contributed by atoms with E-state index in [1.807, 2.05) is 0 Å². The van der Waals surface area contributed by atoms with Crippen molar-refractivity contribution in [2.75, 3.05) is 19.8 Å². The highest BCUT2D eigenvalue weighted by molar-refractivity contribution is 5.89. The fourth-order valence-electron chi connectivity index (χ4n) is 7.37. The standard InChI is InChI=1S/C42H46O24/c43-12-23-28(51)32(55)35(58)40(61-23)59-18-10-21(49)27-22(11-18)60-36(16-4-7-19(47)20(48)9-16)37(31(27)54)65-42-39(34(57)30(53)25(14-45)63-42)66-41-38(33(56)29(52)24(13-44)62-41)64-26(50)8-3-15-1-5-17(46)6-2-15/h1-11,23-25,28-30,32-35,38-49,51-53,55-58H,12-14H2/b8-3+/t23-,24-,25-,28-,29-,30-,32+,33+,34+,35-,38-,39-,40-,41+,42+/m1/s1. The molecule has 24 nitrogen and oxygen atoms in total. The summed E-state index contributed by atoms with van der Waals surface area (Å²) in [5, 5.41) is 146. The van der Waals surface area contributed by atoms with Gasteiger partial charge in [-0.2, -0.15) is 0 Å². The first kappa shape index (κ1) is 48.3. The highest BCUT2D eigenvalue weighted by Gasteiger charge is 2.53. The largest absolute Gasteiger partial charge is 0.508 e. The second-order valence-corrected chi connectivity index (χ2v) is 15.4. The zero-order chi connectivity index (χ0) is 47.7. The van der Waals surface area contributed by atoms with Crippen LogP contribution in [0.4, 0.5) is 0 Å². The number of fused-ring (bicyclic) bond motifs is 1. The van der Waals surface area contributed by atoms with Crippen LogP contribution in [0.15, 0.2) is 69.9 Å². The Hall–Kier alpha value is -5.68. The molecule has 3 fully saturated rings. The molecular weight excluding hydrogens is 888 g/mol. The van der Waals surface area contributed by atoms with Crippen LogP contribution in [0.5, 0.6) is 34.5 Å². The van der Waals surface area contributed by atoms with Gasteiger partial charge < -0.3 is 109 Å². The lowest BCUT2D eigenvalue weighted by molar-refractivity contribution is -0.358. The third kappa shape index (κ3) is 9.73. The Bertz CT molecular complexity index is 2420. The van der Waals surface area contributed by atoms with Crippen molar-refractivity contribution in [3.63, 3.8) is 0 Å². The number of benzene rings is 3. The second-order valence-electron chi connectivity index (χ2n) is 15.4. The Morgan fingerprint density at radius 1 is 0.606 bits per heavy atom. The van der Waals surface area contributed by atoms with E-state index in [-0.39, 0.29) is 17.1 Å². The van der Waals surface area contributed by atoms with Crippen LogP contribution in [-0.2, 0) is 28.5 Å². The lowest BCUT2D eigenvalue weighted by atomic mass is 9.97. The highest BCUT2D eigenvalue weighted by atomic mass is 16.8. The van der Waals surface area contributed by atoms with Gasteiger partial charge in [0.1, 0.15) is 89.3 Å². The number of carbonyl (C=O) groups is 1. The molecule has 66 heavy (non-hydrogen) atoms. The summed E-state index contributed by atoms with van der Waals surface area (Å²) in [6.45, 7) is -2.70. The molecule has 3 aliphatic heterocycles. The SMILES string of the molecule is O=C(/C=C/c1ccc(O)cc1)O[C@H]1[C@H](O[C@H]2[C@H](Oc3c(-c4ccc(O)c(O)c4)oc4cc(O[C@@H]5O[C@H](CO)[C@@H](O)[C@H](O)[C@H]5O)cc(O)c4c3=O)O[C@H](CO)[C@@H](O)[C@@H]2O)O[C@H](CO)[C@@H](O)[C@@H]1O. The maximum Gasteiger partial charge on any atom is 0.331 e. The summed E-state index contributed by atoms with van der Waals surface area (Å²) in [5.74, 6) is -5.22. The van der Waals surface area contributed by atoms with Crippen molar-refractivity contribution in [1.82, 2.24) is 0 Å². The zero-order valence-electron chi connectivity index (χ0n) is 34.0. The first-order valence-electron chi connectivity index (χ1n) is 20.0. The van der Waals surface area contributed by atoms with Gasteiger partial charge in [0.2, 0.25) is 23.8 Å². The number of hydrogen-bond acceptors (Lipinski definition) is 24. The van der Waals surface area contributed by atoms with Crippen LogP contribution in [-0.4, -0.2) is 189 Å². The van der Waals surface area contributed by atoms with Crippen LogP contribution in [0.1, 0.15) is 5.56 Å². The van der Waals surface area contributed by atoms with Crippen LogP contribution in [0, 0.1) is 0 Å². The molecule has 3 aliphatic rings. The van der Waals surface area contributed by atoms with Crippen molar-refractivity contribution in [3.8, 4) is 45.8 Å². The first-order valence-corrected chi connectivity index (χ1v) is 20.0. The fraction of sp³-hybridized carbons (Fsp3) is 0.429. The molecule has 24 heteroatoms. The minimum absolute atomic E-state index is 0.0523. The van der Waals surface area contributed by atoms with Crippen LogP contribution in [0.3, 0.4) is 0 Å². The number of aliphatic hydroxyl groups is 10. The number of carbonyl (C=O) groups excluding carboxylic acids is 1. The summed E-state index contributed by atoms with van der Waals surface area (Å²) < 4.78 is 45.8. The normalized spacial score (nSPS) is 32.6. The number of phenols is 4. The molecule has 0 radical (unpaired) electrons. The van der Waals surface area contributed by atoms with Gasteiger partial charge in [0.05, 0.1) is 19.8 Å². The second kappa shape index (κ2) is 20.0. The molecular formula is C42H46O24. The maximum absolute atomic E-state index is 14.5. The van der Waals surface area contributed by atoms with E-state index < -0.39 is 163 Å². The Labute approximate surface area is 370 Å². The van der Waals surface area contributed by atoms with Gasteiger partial charge in [-0.3, -0.25) is 4.79 Å². The summed E-state index contributed by atoms with van der Waals surface area (Å²) in [4.78, 5) is 27.5. The molecule has 1 aromatic heterocycles. The van der Waals surface area contributed by atoms with Gasteiger partial charge in [0.25, 0.3) is 0 Å². The molecule has 0 bridgehead atoms. The lowest BCUT2D eigenvalue weighted by Crippen LogP contribution is -2.65. The van der Waals surface area contributed by atoms with Crippen LogP contribution in [0.25, 0.3) is 28.4 Å². The monoisotopic (exact) mass is 934 g/mol. The Balaban J connectivity index is 1.26. The van der Waals surface area contributed by atoms with Crippen molar-refractivity contribution < 1.29 is 114 Å². The molecule has 0 unspecified atom stereocenters. The number of hydrogen-bond donors (Lipinski definition) is 14. The average molecular weight is 935 g/mol. The Kier molecular flexibility index (Phi) is 14.7. The van der Waals surface area contributed by atoms with Crippen molar-refractivity contribution >= 4 is 23.0 Å². The zero-order valence-corrected chi connectivity index (χ0v) is 34.0. The van der Waals surface area contributed by atoms with Gasteiger partial charge in [0, 0.05) is 23.8 Å². The van der Waals surface area contributed by atoms with Crippen LogP contribution < -0.4 is 14.9 Å². The molecule has 15 atom stereocenters.